The number of benzene rings is 3. The summed E-state index contributed by atoms with van der Waals surface area (Å²) in [7, 11) is 0. The number of allylic oxidation sites excluding steroid dienone is 2. The second kappa shape index (κ2) is 15.0. The maximum atomic E-state index is 12.2. The summed E-state index contributed by atoms with van der Waals surface area (Å²) in [5.41, 5.74) is 8.31. The number of furan rings is 1. The minimum Gasteiger partial charge on any atom is -0.512 e. The Labute approximate surface area is 327 Å². The summed E-state index contributed by atoms with van der Waals surface area (Å²) in [5.74, 6) is 0.791. The van der Waals surface area contributed by atoms with Gasteiger partial charge in [-0.2, -0.15) is 0 Å². The number of carbonyl (C=O) groups excluding carboxylic acids is 1. The number of rotatable bonds is 9. The molecule has 0 fully saturated rings. The topological polar surface area (TPSA) is 63.3 Å². The summed E-state index contributed by atoms with van der Waals surface area (Å²) in [6.07, 6.45) is 6.65. The Hall–Kier alpha value is -3.57. The van der Waals surface area contributed by atoms with E-state index in [4.69, 9.17) is 9.40 Å². The van der Waals surface area contributed by atoms with Gasteiger partial charge in [0.05, 0.1) is 0 Å². The molecule has 6 heteroatoms. The van der Waals surface area contributed by atoms with Crippen molar-refractivity contribution < 1.29 is 34.4 Å². The van der Waals surface area contributed by atoms with Crippen LogP contribution in [0.1, 0.15) is 118 Å². The number of ketones is 1. The van der Waals surface area contributed by atoms with Crippen molar-refractivity contribution in [3.63, 3.8) is 0 Å². The molecule has 3 heterocycles. The maximum Gasteiger partial charge on any atom is 0.164 e. The third-order valence-corrected chi connectivity index (χ3v) is 13.2. The Morgan fingerprint density at radius 3 is 2.25 bits per heavy atom. The number of thiophene rings is 1. The van der Waals surface area contributed by atoms with Gasteiger partial charge in [-0.15, -0.1) is 40.7 Å². The van der Waals surface area contributed by atoms with Gasteiger partial charge < -0.3 is 14.5 Å². The van der Waals surface area contributed by atoms with Gasteiger partial charge in [0, 0.05) is 69.3 Å². The number of nitrogens with zero attached hydrogens (tertiary/aromatic N) is 1. The van der Waals surface area contributed by atoms with Crippen LogP contribution in [-0.4, -0.2) is 15.9 Å². The number of aliphatic hydroxyl groups is 1. The van der Waals surface area contributed by atoms with Crippen LogP contribution in [0.2, 0.25) is 0 Å². The summed E-state index contributed by atoms with van der Waals surface area (Å²) in [6, 6.07) is 25.1. The molecule has 0 spiro atoms. The second-order valence-corrected chi connectivity index (χ2v) is 16.6. The SMILES string of the molecule is CC(C)c1ccc2sc3c(c2c1)C(C)(C)c1c(-c2nccc4c2oc2ccccc24)[c-]ccc1-3.CCC(C)(CC)C(=O)/C=C(\O)C(C)(CC)CC.[Ir]. The van der Waals surface area contributed by atoms with Crippen LogP contribution in [-0.2, 0) is 30.3 Å². The first kappa shape index (κ1) is 39.6. The van der Waals surface area contributed by atoms with Crippen molar-refractivity contribution in [2.45, 2.75) is 106 Å². The van der Waals surface area contributed by atoms with Crippen LogP contribution in [0, 0.1) is 16.9 Å². The Bertz CT molecular complexity index is 2280. The fourth-order valence-corrected chi connectivity index (χ4v) is 8.82. The summed E-state index contributed by atoms with van der Waals surface area (Å²) < 4.78 is 7.72. The molecule has 1 radical (unpaired) electrons. The van der Waals surface area contributed by atoms with Crippen LogP contribution in [0.15, 0.2) is 83.1 Å². The average molecular weight is 891 g/mol. The number of hydrogen-bond donors (Lipinski definition) is 1. The van der Waals surface area contributed by atoms with E-state index in [9.17, 15) is 9.90 Å². The van der Waals surface area contributed by atoms with Gasteiger partial charge >= 0.3 is 0 Å². The zero-order valence-electron chi connectivity index (χ0n) is 32.3. The molecular formula is C46H52IrNO3S-. The Kier molecular flexibility index (Phi) is 11.5. The number of hydrogen-bond acceptors (Lipinski definition) is 5. The first-order valence-corrected chi connectivity index (χ1v) is 19.4. The van der Waals surface area contributed by atoms with Crippen molar-refractivity contribution in [3.05, 3.63) is 101 Å². The first-order chi connectivity index (χ1) is 24.2. The van der Waals surface area contributed by atoms with E-state index in [2.05, 4.69) is 76.2 Å². The van der Waals surface area contributed by atoms with Crippen LogP contribution < -0.4 is 0 Å². The molecule has 0 bridgehead atoms. The maximum absolute atomic E-state index is 12.2. The van der Waals surface area contributed by atoms with E-state index in [0.29, 0.717) is 5.92 Å². The fourth-order valence-electron chi connectivity index (χ4n) is 7.45. The molecule has 52 heavy (non-hydrogen) atoms. The number of carbonyl (C=O) groups is 1. The van der Waals surface area contributed by atoms with Gasteiger partial charge in [0.2, 0.25) is 0 Å². The van der Waals surface area contributed by atoms with Gasteiger partial charge in [-0.25, -0.2) is 0 Å². The van der Waals surface area contributed by atoms with Gasteiger partial charge in [-0.05, 0) is 77.8 Å². The van der Waals surface area contributed by atoms with Crippen LogP contribution in [0.25, 0.3) is 53.7 Å². The molecule has 1 aliphatic rings. The molecule has 6 aromatic rings. The van der Waals surface area contributed by atoms with Crippen molar-refractivity contribution in [2.75, 3.05) is 0 Å². The largest absolute Gasteiger partial charge is 0.512 e. The Morgan fingerprint density at radius 2 is 1.60 bits per heavy atom. The van der Waals surface area contributed by atoms with Crippen molar-refractivity contribution in [2.24, 2.45) is 10.8 Å². The molecule has 7 rings (SSSR count). The summed E-state index contributed by atoms with van der Waals surface area (Å²) >= 11 is 1.91. The third-order valence-electron chi connectivity index (χ3n) is 12.0. The molecule has 4 nitrogen and oxygen atoms in total. The molecule has 0 saturated carbocycles. The summed E-state index contributed by atoms with van der Waals surface area (Å²) in [6.45, 7) is 21.3. The molecule has 3 aromatic carbocycles. The molecule has 3 aromatic heterocycles. The number of aromatic nitrogens is 1. The van der Waals surface area contributed by atoms with Crippen LogP contribution in [0.5, 0.6) is 0 Å². The molecule has 0 atom stereocenters. The number of pyridine rings is 1. The minimum absolute atomic E-state index is 0. The molecule has 1 N–H and O–H groups in total. The van der Waals surface area contributed by atoms with E-state index in [1.54, 1.807) is 0 Å². The molecule has 1 aliphatic carbocycles. The van der Waals surface area contributed by atoms with Gasteiger partial charge in [0.15, 0.2) is 5.78 Å². The summed E-state index contributed by atoms with van der Waals surface area (Å²) in [5, 5.41) is 13.7. The quantitative estimate of drug-likeness (QED) is 0.0892. The second-order valence-electron chi connectivity index (χ2n) is 15.5. The number of aliphatic hydroxyl groups excluding tert-OH is 1. The fraction of sp³-hybridized carbons (Fsp3) is 0.391. The van der Waals surface area contributed by atoms with Crippen LogP contribution in [0.3, 0.4) is 0 Å². The molecule has 0 saturated heterocycles. The van der Waals surface area contributed by atoms with Crippen LogP contribution in [0.4, 0.5) is 0 Å². The first-order valence-electron chi connectivity index (χ1n) is 18.6. The third kappa shape index (κ3) is 6.61. The van der Waals surface area contributed by atoms with Crippen molar-refractivity contribution in [3.8, 4) is 21.7 Å². The van der Waals surface area contributed by atoms with E-state index in [1.807, 2.05) is 77.3 Å². The predicted octanol–water partition coefficient (Wildman–Crippen LogP) is 13.7. The van der Waals surface area contributed by atoms with E-state index in [1.165, 1.54) is 43.3 Å². The molecule has 0 amide bonds. The standard InChI is InChI=1S/C31H24NOS.C15H28O2.Ir/c1-17(2)18-12-13-25-23(16-18)27-30(34-25)22-10-7-9-21(26(22)31(27,3)4)28-29-20(14-15-32-28)19-8-5-6-11-24(19)33-29;1-7-14(5,8-2)12(16)11-13(17)15(6,9-3)10-4;/h5-8,10-17H,1-4H3;11,16H,7-10H2,1-6H3;/q-1;;/b;12-11-;. The van der Waals surface area contributed by atoms with Crippen molar-refractivity contribution in [1.29, 1.82) is 0 Å². The summed E-state index contributed by atoms with van der Waals surface area (Å²) in [4.78, 5) is 18.4. The number of para-hydroxylation sites is 1. The van der Waals surface area contributed by atoms with Gasteiger partial charge in [-0.1, -0.05) is 99.1 Å². The van der Waals surface area contributed by atoms with Gasteiger partial charge in [-0.3, -0.25) is 4.79 Å². The Balaban J connectivity index is 0.000000250. The Morgan fingerprint density at radius 1 is 0.923 bits per heavy atom. The normalized spacial score (nSPS) is 13.9. The molecular weight excluding hydrogens is 839 g/mol. The van der Waals surface area contributed by atoms with E-state index < -0.39 is 0 Å². The zero-order valence-corrected chi connectivity index (χ0v) is 35.5. The van der Waals surface area contributed by atoms with Gasteiger partial charge in [0.25, 0.3) is 0 Å². The van der Waals surface area contributed by atoms with Gasteiger partial charge in [0.1, 0.15) is 16.9 Å². The van der Waals surface area contributed by atoms with E-state index in [-0.39, 0.29) is 47.9 Å². The number of fused-ring (bicyclic) bond motifs is 8. The molecule has 0 aliphatic heterocycles. The molecule has 0 unspecified atom stereocenters. The minimum atomic E-state index is -0.337. The predicted molar refractivity (Wildman–Crippen MR) is 216 cm³/mol. The average Bonchev–Trinajstić information content (AvgIpc) is 3.79. The van der Waals surface area contributed by atoms with E-state index >= 15 is 0 Å². The van der Waals surface area contributed by atoms with E-state index in [0.717, 1.165) is 58.9 Å². The smallest absolute Gasteiger partial charge is 0.164 e. The molecule has 275 valence electrons. The van der Waals surface area contributed by atoms with Crippen molar-refractivity contribution >= 4 is 49.1 Å². The van der Waals surface area contributed by atoms with Crippen molar-refractivity contribution in [1.82, 2.24) is 4.98 Å². The zero-order chi connectivity index (χ0) is 36.9. The monoisotopic (exact) mass is 891 g/mol. The van der Waals surface area contributed by atoms with Crippen LogP contribution >= 0.6 is 11.3 Å².